The van der Waals surface area contributed by atoms with Gasteiger partial charge in [-0.1, -0.05) is 60.2 Å². The van der Waals surface area contributed by atoms with E-state index in [0.717, 1.165) is 24.8 Å². The van der Waals surface area contributed by atoms with Gasteiger partial charge in [-0.3, -0.25) is 4.79 Å². The van der Waals surface area contributed by atoms with Crippen LogP contribution in [0.3, 0.4) is 0 Å². The number of rotatable bonds is 9. The maximum atomic E-state index is 13.4. The van der Waals surface area contributed by atoms with E-state index in [9.17, 15) is 14.0 Å². The van der Waals surface area contributed by atoms with Crippen molar-refractivity contribution in [2.24, 2.45) is 0 Å². The van der Waals surface area contributed by atoms with Crippen LogP contribution >= 0.6 is 0 Å². The van der Waals surface area contributed by atoms with Crippen molar-refractivity contribution in [1.82, 2.24) is 10.6 Å². The van der Waals surface area contributed by atoms with Crippen LogP contribution in [-0.4, -0.2) is 30.7 Å². The highest BCUT2D eigenvalue weighted by Crippen LogP contribution is 2.30. The molecule has 0 spiro atoms. The van der Waals surface area contributed by atoms with Crippen LogP contribution in [0.15, 0.2) is 48.5 Å². The Bertz CT molecular complexity index is 938. The normalized spacial score (nSPS) is 11.7. The van der Waals surface area contributed by atoms with Gasteiger partial charge in [-0.25, -0.2) is 9.18 Å². The van der Waals surface area contributed by atoms with Crippen LogP contribution in [0, 0.1) is 24.6 Å². The van der Waals surface area contributed by atoms with E-state index in [2.05, 4.69) is 53.7 Å². The molecule has 0 saturated heterocycles. The Kier molecular flexibility index (Phi) is 10.6. The lowest BCUT2D eigenvalue weighted by Gasteiger charge is -2.19. The summed E-state index contributed by atoms with van der Waals surface area (Å²) in [5.41, 5.74) is 2.91. The molecule has 2 rings (SSSR count). The van der Waals surface area contributed by atoms with E-state index in [1.54, 1.807) is 20.8 Å². The summed E-state index contributed by atoms with van der Waals surface area (Å²) in [7, 11) is 0. The van der Waals surface area contributed by atoms with Crippen molar-refractivity contribution < 1.29 is 18.7 Å². The summed E-state index contributed by atoms with van der Waals surface area (Å²) in [6, 6.07) is 15.1. The van der Waals surface area contributed by atoms with E-state index < -0.39 is 11.7 Å². The minimum atomic E-state index is -0.551. The molecule has 1 unspecified atom stereocenters. The lowest BCUT2D eigenvalue weighted by molar-refractivity contribution is -0.120. The summed E-state index contributed by atoms with van der Waals surface area (Å²) >= 11 is 0. The molecule has 0 aliphatic carbocycles. The maximum absolute atomic E-state index is 13.4. The van der Waals surface area contributed by atoms with Gasteiger partial charge in [0.25, 0.3) is 0 Å². The Labute approximate surface area is 202 Å². The number of carbonyl (C=O) groups excluding carboxylic acids is 2. The monoisotopic (exact) mass is 466 g/mol. The predicted octanol–water partition coefficient (Wildman–Crippen LogP) is 5.47. The number of ether oxygens (including phenoxy) is 1. The van der Waals surface area contributed by atoms with Crippen molar-refractivity contribution in [3.63, 3.8) is 0 Å². The molecule has 1 atom stereocenters. The molecule has 2 aromatic carbocycles. The van der Waals surface area contributed by atoms with Gasteiger partial charge in [-0.2, -0.15) is 0 Å². The molecule has 6 heteroatoms. The molecule has 0 aliphatic heterocycles. The van der Waals surface area contributed by atoms with Gasteiger partial charge < -0.3 is 15.4 Å². The number of benzene rings is 2. The first kappa shape index (κ1) is 26.9. The molecule has 182 valence electrons. The number of nitrogens with one attached hydrogen (secondary N) is 2. The Morgan fingerprint density at radius 1 is 0.912 bits per heavy atom. The lowest BCUT2D eigenvalue weighted by Crippen LogP contribution is -2.32. The number of unbranched alkanes of at least 4 members (excludes halogenated alkanes) is 1. The molecule has 0 fully saturated rings. The van der Waals surface area contributed by atoms with Gasteiger partial charge in [0, 0.05) is 12.3 Å². The highest BCUT2D eigenvalue weighted by Gasteiger charge is 2.16. The number of carbonyl (C=O) groups is 2. The number of alkyl carbamates (subject to hydrolysis) is 1. The Morgan fingerprint density at radius 2 is 1.47 bits per heavy atom. The summed E-state index contributed by atoms with van der Waals surface area (Å²) in [5.74, 6) is 5.46. The molecule has 5 nitrogen and oxygen atoms in total. The van der Waals surface area contributed by atoms with Crippen molar-refractivity contribution in [1.29, 1.82) is 0 Å². The van der Waals surface area contributed by atoms with Crippen LogP contribution in [0.5, 0.6) is 0 Å². The van der Waals surface area contributed by atoms with Gasteiger partial charge in [0.15, 0.2) is 0 Å². The van der Waals surface area contributed by atoms with Crippen LogP contribution in [0.4, 0.5) is 9.18 Å². The molecular weight excluding hydrogens is 431 g/mol. The van der Waals surface area contributed by atoms with Crippen LogP contribution < -0.4 is 10.6 Å². The van der Waals surface area contributed by atoms with Gasteiger partial charge in [0.05, 0.1) is 13.1 Å². The second-order valence-electron chi connectivity index (χ2n) is 9.25. The largest absolute Gasteiger partial charge is 0.444 e. The van der Waals surface area contributed by atoms with Crippen molar-refractivity contribution in [2.75, 3.05) is 13.1 Å². The minimum absolute atomic E-state index is 0.0527. The molecule has 2 amide bonds. The fraction of sp³-hybridized carbons (Fsp3) is 0.429. The fourth-order valence-electron chi connectivity index (χ4n) is 3.44. The van der Waals surface area contributed by atoms with Gasteiger partial charge in [0.2, 0.25) is 5.91 Å². The number of amides is 2. The Morgan fingerprint density at radius 3 is 2.06 bits per heavy atom. The zero-order valence-corrected chi connectivity index (χ0v) is 20.5. The Balaban J connectivity index is 1.73. The fourth-order valence-corrected chi connectivity index (χ4v) is 3.44. The summed E-state index contributed by atoms with van der Waals surface area (Å²) in [5, 5.41) is 5.32. The molecule has 0 saturated carbocycles. The van der Waals surface area contributed by atoms with Crippen molar-refractivity contribution in [3.05, 3.63) is 71.0 Å². The van der Waals surface area contributed by atoms with Crippen LogP contribution in [0.1, 0.15) is 69.1 Å². The first-order chi connectivity index (χ1) is 16.1. The number of hydrogen-bond donors (Lipinski definition) is 2. The second kappa shape index (κ2) is 13.4. The van der Waals surface area contributed by atoms with E-state index in [1.165, 1.54) is 23.3 Å². The molecule has 0 bridgehead atoms. The van der Waals surface area contributed by atoms with Crippen LogP contribution in [-0.2, 0) is 9.53 Å². The first-order valence-electron chi connectivity index (χ1n) is 11.7. The standard InChI is InChI=1S/C28H35FN2O3/c1-21-11-13-22(14-12-21)25(23-15-17-24(29)18-16-23)9-5-6-10-26(32)30-19-7-8-20-31-27(33)34-28(2,3)4/h11-18,25H,5-6,9-10,19-20H2,1-4H3,(H,30,32)(H,31,33). The zero-order valence-electron chi connectivity index (χ0n) is 20.5. The van der Waals surface area contributed by atoms with E-state index in [1.807, 2.05) is 12.1 Å². The van der Waals surface area contributed by atoms with E-state index in [4.69, 9.17) is 4.74 Å². The minimum Gasteiger partial charge on any atom is -0.444 e. The van der Waals surface area contributed by atoms with Gasteiger partial charge >= 0.3 is 6.09 Å². The SMILES string of the molecule is Cc1ccc(C(CCCCC(=O)NCC#CCNC(=O)OC(C)(C)C)c2ccc(F)cc2)cc1. The maximum Gasteiger partial charge on any atom is 0.408 e. The molecule has 0 heterocycles. The summed E-state index contributed by atoms with van der Waals surface area (Å²) in [4.78, 5) is 23.6. The smallest absolute Gasteiger partial charge is 0.408 e. The molecule has 0 aliphatic rings. The molecule has 2 aromatic rings. The molecule has 34 heavy (non-hydrogen) atoms. The quantitative estimate of drug-likeness (QED) is 0.380. The third-order valence-electron chi connectivity index (χ3n) is 5.12. The summed E-state index contributed by atoms with van der Waals surface area (Å²) < 4.78 is 18.5. The molecule has 0 radical (unpaired) electrons. The highest BCUT2D eigenvalue weighted by molar-refractivity contribution is 5.76. The molecule has 2 N–H and O–H groups in total. The summed E-state index contributed by atoms with van der Waals surface area (Å²) in [6.07, 6.45) is 2.40. The first-order valence-corrected chi connectivity index (χ1v) is 11.7. The summed E-state index contributed by atoms with van der Waals surface area (Å²) in [6.45, 7) is 7.82. The number of aryl methyl sites for hydroxylation is 1. The van der Waals surface area contributed by atoms with Crippen LogP contribution in [0.25, 0.3) is 0 Å². The van der Waals surface area contributed by atoms with E-state index in [0.29, 0.717) is 6.42 Å². The van der Waals surface area contributed by atoms with Crippen molar-refractivity contribution >= 4 is 12.0 Å². The van der Waals surface area contributed by atoms with E-state index in [-0.39, 0.29) is 30.7 Å². The van der Waals surface area contributed by atoms with Crippen molar-refractivity contribution in [3.8, 4) is 11.8 Å². The molecular formula is C28H35FN2O3. The van der Waals surface area contributed by atoms with Crippen molar-refractivity contribution in [2.45, 2.75) is 64.9 Å². The average molecular weight is 467 g/mol. The molecule has 0 aromatic heterocycles. The van der Waals surface area contributed by atoms with Gasteiger partial charge in [0.1, 0.15) is 11.4 Å². The second-order valence-corrected chi connectivity index (χ2v) is 9.25. The van der Waals surface area contributed by atoms with E-state index >= 15 is 0 Å². The number of halogens is 1. The third-order valence-corrected chi connectivity index (χ3v) is 5.12. The average Bonchev–Trinajstić information content (AvgIpc) is 2.76. The lowest BCUT2D eigenvalue weighted by atomic mass is 9.86. The highest BCUT2D eigenvalue weighted by atomic mass is 19.1. The van der Waals surface area contributed by atoms with Crippen LogP contribution in [0.2, 0.25) is 0 Å². The number of hydrogen-bond acceptors (Lipinski definition) is 3. The van der Waals surface area contributed by atoms with Gasteiger partial charge in [-0.15, -0.1) is 0 Å². The topological polar surface area (TPSA) is 67.4 Å². The predicted molar refractivity (Wildman–Crippen MR) is 133 cm³/mol. The Hall–Kier alpha value is -3.33. The third kappa shape index (κ3) is 10.5. The van der Waals surface area contributed by atoms with Gasteiger partial charge in [-0.05, 0) is 63.8 Å². The zero-order chi connectivity index (χ0) is 25.0.